The lowest BCUT2D eigenvalue weighted by Crippen LogP contribution is -2.10. The van der Waals surface area contributed by atoms with E-state index in [2.05, 4.69) is 49.2 Å². The predicted molar refractivity (Wildman–Crippen MR) is 92.0 cm³/mol. The Kier molecular flexibility index (Phi) is 12.9. The van der Waals surface area contributed by atoms with Gasteiger partial charge in [0.2, 0.25) is 5.24 Å². The summed E-state index contributed by atoms with van der Waals surface area (Å²) in [5.74, 6) is 0.833. The molecular weight excluding hydrogens is 359 g/mol. The SMILES string of the molecule is C=C(C)C(=O)Cc1nn[nH]n1.C=C(C)C(=O)Cl.Cl.NC1=NN=NC1. The highest BCUT2D eigenvalue weighted by atomic mass is 35.5. The number of rotatable bonds is 4. The van der Waals surface area contributed by atoms with E-state index in [1.165, 1.54) is 0 Å². The molecule has 10 nitrogen and oxygen atoms in total. The topological polar surface area (TPSA) is 152 Å². The normalized spacial score (nSPS) is 10.9. The van der Waals surface area contributed by atoms with Gasteiger partial charge in [-0.2, -0.15) is 10.3 Å². The van der Waals surface area contributed by atoms with E-state index < -0.39 is 5.24 Å². The van der Waals surface area contributed by atoms with Gasteiger partial charge in [0.1, 0.15) is 12.4 Å². The van der Waals surface area contributed by atoms with Gasteiger partial charge in [0.15, 0.2) is 11.6 Å². The number of H-pyrrole nitrogens is 1. The van der Waals surface area contributed by atoms with Gasteiger partial charge < -0.3 is 5.73 Å². The molecule has 0 spiro atoms. The zero-order valence-electron chi connectivity index (χ0n) is 13.2. The third-order valence-electron chi connectivity index (χ3n) is 1.99. The van der Waals surface area contributed by atoms with Crippen molar-refractivity contribution >= 4 is 40.9 Å². The van der Waals surface area contributed by atoms with Crippen LogP contribution in [0.1, 0.15) is 19.7 Å². The average Bonchev–Trinajstić information content (AvgIpc) is 3.13. The number of carbonyl (C=O) groups is 2. The minimum Gasteiger partial charge on any atom is -0.384 e. The molecule has 1 aromatic rings. The van der Waals surface area contributed by atoms with E-state index in [1.54, 1.807) is 13.8 Å². The van der Waals surface area contributed by atoms with Crippen LogP contribution in [0.5, 0.6) is 0 Å². The third-order valence-corrected chi connectivity index (χ3v) is 2.31. The molecular formula is C12H18Cl2N8O2. The van der Waals surface area contributed by atoms with Crippen LogP contribution < -0.4 is 5.73 Å². The molecule has 3 N–H and O–H groups in total. The summed E-state index contributed by atoms with van der Waals surface area (Å²) in [4.78, 5) is 20.8. The first kappa shape index (κ1) is 23.8. The third kappa shape index (κ3) is 12.1. The van der Waals surface area contributed by atoms with Gasteiger partial charge in [0, 0.05) is 5.57 Å². The number of ketones is 1. The van der Waals surface area contributed by atoms with Crippen molar-refractivity contribution in [2.75, 3.05) is 6.54 Å². The lowest BCUT2D eigenvalue weighted by molar-refractivity contribution is -0.115. The van der Waals surface area contributed by atoms with Gasteiger partial charge in [-0.1, -0.05) is 18.4 Å². The maximum Gasteiger partial charge on any atom is 0.247 e. The van der Waals surface area contributed by atoms with E-state index in [-0.39, 0.29) is 24.6 Å². The smallest absolute Gasteiger partial charge is 0.247 e. The summed E-state index contributed by atoms with van der Waals surface area (Å²) in [7, 11) is 0. The quantitative estimate of drug-likeness (QED) is 0.597. The summed E-state index contributed by atoms with van der Waals surface area (Å²) < 4.78 is 0. The van der Waals surface area contributed by atoms with Gasteiger partial charge in [-0.3, -0.25) is 9.59 Å². The molecule has 0 radical (unpaired) electrons. The molecule has 2 heterocycles. The second kappa shape index (κ2) is 13.0. The molecule has 24 heavy (non-hydrogen) atoms. The number of hydrogen-bond donors (Lipinski definition) is 2. The molecule has 0 aromatic carbocycles. The van der Waals surface area contributed by atoms with Gasteiger partial charge in [-0.25, -0.2) is 0 Å². The summed E-state index contributed by atoms with van der Waals surface area (Å²) in [5, 5.41) is 22.5. The first-order valence-electron chi connectivity index (χ1n) is 6.19. The highest BCUT2D eigenvalue weighted by Crippen LogP contribution is 1.95. The fourth-order valence-corrected chi connectivity index (χ4v) is 0.777. The zero-order valence-corrected chi connectivity index (χ0v) is 14.8. The molecule has 1 aliphatic heterocycles. The van der Waals surface area contributed by atoms with Crippen LogP contribution in [0.4, 0.5) is 0 Å². The molecule has 0 amide bonds. The number of carbonyl (C=O) groups excluding carboxylic acids is 2. The van der Waals surface area contributed by atoms with E-state index in [0.717, 1.165) is 0 Å². The maximum absolute atomic E-state index is 11.0. The van der Waals surface area contributed by atoms with Crippen LogP contribution in [-0.4, -0.2) is 44.0 Å². The second-order valence-electron chi connectivity index (χ2n) is 4.24. The van der Waals surface area contributed by atoms with Gasteiger partial charge in [0.25, 0.3) is 0 Å². The Bertz CT molecular complexity index is 613. The fourth-order valence-electron chi connectivity index (χ4n) is 0.777. The molecule has 0 bridgehead atoms. The summed E-state index contributed by atoms with van der Waals surface area (Å²) in [6.45, 7) is 10.5. The van der Waals surface area contributed by atoms with Crippen molar-refractivity contribution in [1.82, 2.24) is 20.6 Å². The Morgan fingerprint density at radius 3 is 2.12 bits per heavy atom. The highest BCUT2D eigenvalue weighted by Gasteiger charge is 2.06. The molecule has 0 saturated carbocycles. The van der Waals surface area contributed by atoms with Gasteiger partial charge >= 0.3 is 0 Å². The monoisotopic (exact) mass is 376 g/mol. The molecule has 1 aliphatic rings. The minimum absolute atomic E-state index is 0. The Labute approximate surface area is 149 Å². The molecule has 12 heteroatoms. The van der Waals surface area contributed by atoms with Crippen molar-refractivity contribution in [3.63, 3.8) is 0 Å². The van der Waals surface area contributed by atoms with E-state index in [0.29, 0.717) is 29.4 Å². The lowest BCUT2D eigenvalue weighted by Gasteiger charge is -1.91. The molecule has 2 rings (SSSR count). The Balaban J connectivity index is 0. The van der Waals surface area contributed by atoms with Gasteiger partial charge in [0.05, 0.1) is 6.42 Å². The first-order chi connectivity index (χ1) is 10.7. The number of allylic oxidation sites excluding steroid dienone is 2. The van der Waals surface area contributed by atoms with E-state index in [4.69, 9.17) is 17.3 Å². The van der Waals surface area contributed by atoms with Crippen LogP contribution in [-0.2, 0) is 16.0 Å². The Hall–Kier alpha value is -2.46. The number of hydrogen-bond acceptors (Lipinski definition) is 9. The van der Waals surface area contributed by atoms with Crippen molar-refractivity contribution in [2.45, 2.75) is 20.3 Å². The summed E-state index contributed by atoms with van der Waals surface area (Å²) >= 11 is 4.87. The van der Waals surface area contributed by atoms with Crippen LogP contribution in [0.3, 0.4) is 0 Å². The molecule has 0 fully saturated rings. The van der Waals surface area contributed by atoms with Gasteiger partial charge in [-0.15, -0.1) is 27.7 Å². The molecule has 1 aromatic heterocycles. The zero-order chi connectivity index (χ0) is 17.8. The summed E-state index contributed by atoms with van der Waals surface area (Å²) in [5.41, 5.74) is 5.99. The number of nitrogens with zero attached hydrogens (tertiary/aromatic N) is 6. The largest absolute Gasteiger partial charge is 0.384 e. The Morgan fingerprint density at radius 2 is 1.88 bits per heavy atom. The number of amidine groups is 1. The van der Waals surface area contributed by atoms with E-state index in [1.807, 2.05) is 0 Å². The molecule has 0 atom stereocenters. The number of nitrogens with two attached hydrogens (primary N) is 1. The second-order valence-corrected chi connectivity index (χ2v) is 4.59. The van der Waals surface area contributed by atoms with Crippen molar-refractivity contribution in [1.29, 1.82) is 0 Å². The molecule has 0 unspecified atom stereocenters. The fraction of sp³-hybridized carbons (Fsp3) is 0.333. The summed E-state index contributed by atoms with van der Waals surface area (Å²) in [6, 6.07) is 0. The van der Waals surface area contributed by atoms with Crippen LogP contribution in [0.15, 0.2) is 39.7 Å². The molecule has 132 valence electrons. The first-order valence-corrected chi connectivity index (χ1v) is 6.57. The summed E-state index contributed by atoms with van der Waals surface area (Å²) in [6.07, 6.45) is 0.172. The Morgan fingerprint density at radius 1 is 1.29 bits per heavy atom. The van der Waals surface area contributed by atoms with Crippen molar-refractivity contribution in [3.05, 3.63) is 30.1 Å². The lowest BCUT2D eigenvalue weighted by atomic mass is 10.1. The number of tetrazole rings is 1. The predicted octanol–water partition coefficient (Wildman–Crippen LogP) is 1.36. The van der Waals surface area contributed by atoms with Crippen LogP contribution in [0, 0.1) is 0 Å². The van der Waals surface area contributed by atoms with E-state index in [9.17, 15) is 9.59 Å². The minimum atomic E-state index is -0.463. The number of nitrogens with one attached hydrogen (secondary N) is 1. The maximum atomic E-state index is 11.0. The van der Waals surface area contributed by atoms with Crippen LogP contribution in [0.25, 0.3) is 0 Å². The number of halogens is 2. The molecule has 0 saturated heterocycles. The van der Waals surface area contributed by atoms with Crippen LogP contribution >= 0.6 is 24.0 Å². The van der Waals surface area contributed by atoms with Gasteiger partial charge in [-0.05, 0) is 36.2 Å². The average molecular weight is 377 g/mol. The standard InChI is InChI=1S/C6H8N4O.C4H5ClO.C2H4N4.ClH/c1-4(2)5(11)3-6-7-9-10-8-6;1-3(2)4(5)6;3-2-1-4-6-5-2;/h1,3H2,2H3,(H,7,8,9,10);1H2,2H3;1H2,(H2,3,4,5);1H. The number of Topliss-reactive ketones (excluding diaryl/α,β-unsaturated/α-hetero) is 1. The number of aromatic amines is 1. The molecule has 0 aliphatic carbocycles. The van der Waals surface area contributed by atoms with Crippen molar-refractivity contribution < 1.29 is 9.59 Å². The van der Waals surface area contributed by atoms with Crippen molar-refractivity contribution in [3.8, 4) is 0 Å². The number of aromatic nitrogens is 4. The highest BCUT2D eigenvalue weighted by molar-refractivity contribution is 6.67. The van der Waals surface area contributed by atoms with Crippen molar-refractivity contribution in [2.24, 2.45) is 21.2 Å². The van der Waals surface area contributed by atoms with Crippen LogP contribution in [0.2, 0.25) is 0 Å². The van der Waals surface area contributed by atoms with E-state index >= 15 is 0 Å².